The van der Waals surface area contributed by atoms with Crippen LogP contribution in [0.3, 0.4) is 0 Å². The van der Waals surface area contributed by atoms with Gasteiger partial charge in [-0.2, -0.15) is 0 Å². The van der Waals surface area contributed by atoms with Crippen molar-refractivity contribution in [3.05, 3.63) is 223 Å². The molecule has 0 aliphatic heterocycles. The zero-order valence-electron chi connectivity index (χ0n) is 32.1. The van der Waals surface area contributed by atoms with Crippen LogP contribution in [0, 0.1) is 13.8 Å². The summed E-state index contributed by atoms with van der Waals surface area (Å²) in [6, 6.07) is 70.2. The lowest BCUT2D eigenvalue weighted by Crippen LogP contribution is -1.98. The molecule has 1 radical (unpaired) electrons. The zero-order chi connectivity index (χ0) is 38.6. The number of aryl methyl sites for hydroxylation is 2. The minimum absolute atomic E-state index is 0.639. The molecule has 0 saturated carbocycles. The fourth-order valence-corrected chi connectivity index (χ4v) is 4.05. The van der Waals surface area contributed by atoms with Gasteiger partial charge in [-0.3, -0.25) is 0 Å². The molecule has 7 rings (SSSR count). The summed E-state index contributed by atoms with van der Waals surface area (Å²) in [5.74, 6) is 0.639. The third kappa shape index (κ3) is 23.9. The second-order valence-corrected chi connectivity index (χ2v) is 10.6. The first-order valence-corrected chi connectivity index (χ1v) is 18.1. The number of para-hydroxylation sites is 5. The highest BCUT2D eigenvalue weighted by Crippen LogP contribution is 2.15. The number of hydrogen-bond donors (Lipinski definition) is 3. The zero-order valence-corrected chi connectivity index (χ0v) is 32.1. The van der Waals surface area contributed by atoms with Gasteiger partial charge >= 0.3 is 7.69 Å². The molecule has 273 valence electrons. The molecule has 4 nitrogen and oxygen atoms in total. The lowest BCUT2D eigenvalue weighted by atomic mass is 10.2. The van der Waals surface area contributed by atoms with Gasteiger partial charge in [0.25, 0.3) is 0 Å². The third-order valence-electron chi connectivity index (χ3n) is 6.49. The summed E-state index contributed by atoms with van der Waals surface area (Å²) >= 11 is 0. The van der Waals surface area contributed by atoms with Crippen molar-refractivity contribution in [1.82, 2.24) is 0 Å². The van der Waals surface area contributed by atoms with Gasteiger partial charge in [-0.15, -0.1) is 0 Å². The van der Waals surface area contributed by atoms with Gasteiger partial charge < -0.3 is 20.3 Å². The first-order valence-electron chi connectivity index (χ1n) is 18.1. The van der Waals surface area contributed by atoms with Gasteiger partial charge in [0.2, 0.25) is 0 Å². The van der Waals surface area contributed by atoms with Crippen LogP contribution in [-0.2, 0) is 0 Å². The Morgan fingerprint density at radius 2 is 0.547 bits per heavy atom. The molecule has 5 heteroatoms. The summed E-state index contributed by atoms with van der Waals surface area (Å²) in [5.41, 5.74) is 7.12. The summed E-state index contributed by atoms with van der Waals surface area (Å²) in [6.45, 7) is 12.2. The van der Waals surface area contributed by atoms with E-state index in [9.17, 15) is 0 Å². The van der Waals surface area contributed by atoms with Crippen molar-refractivity contribution in [1.29, 1.82) is 0 Å². The largest absolute Gasteiger partial charge is 0.569 e. The molecule has 0 bridgehead atoms. The Balaban J connectivity index is 0.000000331. The molecule has 0 aliphatic rings. The van der Waals surface area contributed by atoms with E-state index in [1.807, 2.05) is 204 Å². The molecule has 3 N–H and O–H groups in total. The molecule has 53 heavy (non-hydrogen) atoms. The monoisotopic (exact) mass is 703 g/mol. The van der Waals surface area contributed by atoms with E-state index in [2.05, 4.69) is 53.4 Å². The second-order valence-electron chi connectivity index (χ2n) is 10.6. The van der Waals surface area contributed by atoms with Crippen molar-refractivity contribution in [3.8, 4) is 5.75 Å². The third-order valence-corrected chi connectivity index (χ3v) is 6.49. The van der Waals surface area contributed by atoms with Crippen LogP contribution in [0.4, 0.5) is 22.7 Å². The Labute approximate surface area is 320 Å². The Morgan fingerprint density at radius 1 is 0.340 bits per heavy atom. The van der Waals surface area contributed by atoms with E-state index in [0.29, 0.717) is 13.4 Å². The minimum atomic E-state index is 0.639. The molecule has 0 amide bonds. The molecule has 7 aromatic carbocycles. The highest BCUT2D eigenvalue weighted by Gasteiger charge is 1.91. The topological polar surface area (TPSA) is 53.5 Å². The molecular weight excluding hydrogens is 647 g/mol. The van der Waals surface area contributed by atoms with Gasteiger partial charge in [-0.25, -0.2) is 0 Å². The summed E-state index contributed by atoms with van der Waals surface area (Å²) in [4.78, 5) is 0. The lowest BCUT2D eigenvalue weighted by Gasteiger charge is -2.04. The van der Waals surface area contributed by atoms with E-state index in [4.69, 9.17) is 5.02 Å². The van der Waals surface area contributed by atoms with Crippen molar-refractivity contribution in [2.24, 2.45) is 0 Å². The molecule has 0 aliphatic carbocycles. The molecule has 0 unspecified atom stereocenters. The van der Waals surface area contributed by atoms with Gasteiger partial charge in [-0.05, 0) is 74.5 Å². The average molecular weight is 704 g/mol. The van der Waals surface area contributed by atoms with E-state index in [0.717, 1.165) is 22.7 Å². The predicted octanol–water partition coefficient (Wildman–Crippen LogP) is 13.5. The van der Waals surface area contributed by atoms with Crippen LogP contribution in [0.1, 0.15) is 38.8 Å². The number of anilines is 4. The van der Waals surface area contributed by atoms with Gasteiger partial charge in [-0.1, -0.05) is 190 Å². The SMILES string of the molecule is CC.CC.Cc1ccccc1.Cc1ccccc1.O[B]Oc1ccccc1.c1ccc(Nc2ccccc2)cc1.c1ccc(Nc2ccccc2)cc1. The van der Waals surface area contributed by atoms with Crippen LogP contribution < -0.4 is 15.3 Å². The molecule has 0 saturated heterocycles. The minimum Gasteiger partial charge on any atom is -0.537 e. The summed E-state index contributed by atoms with van der Waals surface area (Å²) in [6.07, 6.45) is 0. The van der Waals surface area contributed by atoms with E-state index < -0.39 is 0 Å². The van der Waals surface area contributed by atoms with Crippen LogP contribution in [0.5, 0.6) is 5.75 Å². The van der Waals surface area contributed by atoms with Crippen LogP contribution >= 0.6 is 0 Å². The highest BCUT2D eigenvalue weighted by molar-refractivity contribution is 6.17. The van der Waals surface area contributed by atoms with Gasteiger partial charge in [0.1, 0.15) is 0 Å². The summed E-state index contributed by atoms with van der Waals surface area (Å²) in [7, 11) is 0.662. The predicted molar refractivity (Wildman–Crippen MR) is 232 cm³/mol. The molecule has 0 atom stereocenters. The van der Waals surface area contributed by atoms with Crippen LogP contribution in [0.25, 0.3) is 0 Å². The fraction of sp³-hybridized carbons (Fsp3) is 0.125. The van der Waals surface area contributed by atoms with Crippen LogP contribution in [0.15, 0.2) is 212 Å². The number of benzene rings is 7. The van der Waals surface area contributed by atoms with E-state index in [-0.39, 0.29) is 0 Å². The second kappa shape index (κ2) is 31.9. The molecule has 0 heterocycles. The number of nitrogens with one attached hydrogen (secondary N) is 2. The highest BCUT2D eigenvalue weighted by atomic mass is 16.5. The summed E-state index contributed by atoms with van der Waals surface area (Å²) in [5, 5.41) is 14.8. The van der Waals surface area contributed by atoms with Gasteiger partial charge in [0.05, 0.1) is 5.75 Å². The maximum atomic E-state index is 8.17. The van der Waals surface area contributed by atoms with Gasteiger partial charge in [0, 0.05) is 22.7 Å². The van der Waals surface area contributed by atoms with Crippen LogP contribution in [0.2, 0.25) is 0 Å². The Bertz CT molecular complexity index is 1560. The number of hydrogen-bond acceptors (Lipinski definition) is 4. The Kier molecular flexibility index (Phi) is 27.1. The lowest BCUT2D eigenvalue weighted by molar-refractivity contribution is 0.454. The van der Waals surface area contributed by atoms with Crippen LogP contribution in [-0.4, -0.2) is 12.7 Å². The quantitative estimate of drug-likeness (QED) is 0.151. The van der Waals surface area contributed by atoms with Gasteiger partial charge in [0.15, 0.2) is 0 Å². The molecule has 7 aromatic rings. The normalized spacial score (nSPS) is 8.66. The van der Waals surface area contributed by atoms with Crippen molar-refractivity contribution in [2.75, 3.05) is 10.6 Å². The Hall–Kier alpha value is -6.04. The Morgan fingerprint density at radius 3 is 0.736 bits per heavy atom. The van der Waals surface area contributed by atoms with E-state index in [1.54, 1.807) is 12.1 Å². The standard InChI is InChI=1S/2C12H11N.2C7H8.C6H6BO2.2C2H6/c2*1-3-7-11(8-4-1)13-12-9-5-2-6-10-12;2*1-7-5-3-2-4-6-7;8-7-9-6-4-2-1-3-5-6;2*1-2/h2*1-10,13H;2*2-6H,1H3;1-5,8H;2*1-2H3. The molecule has 0 aromatic heterocycles. The van der Waals surface area contributed by atoms with Crippen molar-refractivity contribution >= 4 is 30.4 Å². The van der Waals surface area contributed by atoms with Crippen molar-refractivity contribution in [2.45, 2.75) is 41.5 Å². The first kappa shape index (κ1) is 45.0. The smallest absolute Gasteiger partial charge is 0.537 e. The maximum Gasteiger partial charge on any atom is 0.569 e. The summed E-state index contributed by atoms with van der Waals surface area (Å²) < 4.78 is 4.64. The molecular formula is C48H56BN2O2. The molecule has 0 spiro atoms. The van der Waals surface area contributed by atoms with Crippen molar-refractivity contribution < 1.29 is 9.68 Å². The molecule has 0 fully saturated rings. The van der Waals surface area contributed by atoms with E-state index >= 15 is 0 Å². The average Bonchev–Trinajstić information content (AvgIpc) is 3.23. The maximum absolute atomic E-state index is 8.17. The van der Waals surface area contributed by atoms with E-state index in [1.165, 1.54) is 11.1 Å². The van der Waals surface area contributed by atoms with Crippen molar-refractivity contribution in [3.63, 3.8) is 0 Å². The number of rotatable bonds is 6. The fourth-order valence-electron chi connectivity index (χ4n) is 4.05. The first-order chi connectivity index (χ1) is 26.1.